The summed E-state index contributed by atoms with van der Waals surface area (Å²) in [7, 11) is 0. The van der Waals surface area contributed by atoms with Crippen LogP contribution in [0.1, 0.15) is 12.8 Å². The molecule has 1 aliphatic carbocycles. The minimum atomic E-state index is 0.00917. The molecule has 0 aromatic heterocycles. The molecule has 68 valence electrons. The second-order valence-corrected chi connectivity index (χ2v) is 5.03. The van der Waals surface area contributed by atoms with E-state index < -0.39 is 0 Å². The highest BCUT2D eigenvalue weighted by molar-refractivity contribution is 14.1. The number of allylic oxidation sites excluding steroid dienone is 2. The summed E-state index contributed by atoms with van der Waals surface area (Å²) in [6.45, 7) is 0.245. The van der Waals surface area contributed by atoms with Gasteiger partial charge in [-0.1, -0.05) is 46.9 Å². The topological polar surface area (TPSA) is 46.2 Å². The van der Waals surface area contributed by atoms with E-state index in [1.165, 1.54) is 0 Å². The summed E-state index contributed by atoms with van der Waals surface area (Å²) in [6.07, 6.45) is 9.87. The van der Waals surface area contributed by atoms with Crippen LogP contribution in [0.4, 0.5) is 0 Å². The molecule has 0 aromatic rings. The zero-order valence-electron chi connectivity index (χ0n) is 6.91. The van der Waals surface area contributed by atoms with Crippen molar-refractivity contribution in [3.05, 3.63) is 24.3 Å². The highest BCUT2D eigenvalue weighted by atomic mass is 127. The molecule has 2 unspecified atom stereocenters. The normalized spacial score (nSPS) is 34.1. The van der Waals surface area contributed by atoms with Crippen molar-refractivity contribution in [3.8, 4) is 0 Å². The predicted molar refractivity (Wildman–Crippen MR) is 59.3 cm³/mol. The Kier molecular flexibility index (Phi) is 3.74. The molecule has 3 N–H and O–H groups in total. The quantitative estimate of drug-likeness (QED) is 0.605. The fourth-order valence-electron chi connectivity index (χ4n) is 1.27. The molecule has 2 nitrogen and oxygen atoms in total. The summed E-state index contributed by atoms with van der Waals surface area (Å²) in [6, 6.07) is 0.0784. The fraction of sp³-hybridized carbons (Fsp3) is 0.556. The number of aliphatic hydroxyl groups excluding tert-OH is 1. The first-order chi connectivity index (χ1) is 5.69. The molecule has 3 heteroatoms. The average Bonchev–Trinajstić information content (AvgIpc) is 2.07. The third-order valence-electron chi connectivity index (χ3n) is 2.08. The van der Waals surface area contributed by atoms with Gasteiger partial charge in [-0.25, -0.2) is 0 Å². The Morgan fingerprint density at radius 3 is 2.83 bits per heavy atom. The second kappa shape index (κ2) is 4.39. The number of nitrogens with two attached hydrogens (primary N) is 1. The smallest absolute Gasteiger partial charge is 0.0591 e. The molecule has 0 aliphatic heterocycles. The van der Waals surface area contributed by atoms with Crippen LogP contribution in [0.5, 0.6) is 0 Å². The van der Waals surface area contributed by atoms with Crippen LogP contribution in [0.3, 0.4) is 0 Å². The van der Waals surface area contributed by atoms with E-state index in [-0.39, 0.29) is 16.1 Å². The van der Waals surface area contributed by atoms with Crippen molar-refractivity contribution >= 4 is 22.6 Å². The van der Waals surface area contributed by atoms with E-state index in [1.54, 1.807) is 0 Å². The van der Waals surface area contributed by atoms with Gasteiger partial charge in [-0.3, -0.25) is 0 Å². The van der Waals surface area contributed by atoms with Crippen LogP contribution in [-0.4, -0.2) is 21.2 Å². The third kappa shape index (κ3) is 2.31. The van der Waals surface area contributed by atoms with E-state index in [4.69, 9.17) is 10.8 Å². The Balaban J connectivity index is 2.57. The highest BCUT2D eigenvalue weighted by Gasteiger charge is 2.29. The van der Waals surface area contributed by atoms with E-state index >= 15 is 0 Å². The van der Waals surface area contributed by atoms with Crippen molar-refractivity contribution in [1.82, 2.24) is 0 Å². The van der Waals surface area contributed by atoms with Crippen molar-refractivity contribution in [1.29, 1.82) is 0 Å². The van der Waals surface area contributed by atoms with Crippen LogP contribution in [0, 0.1) is 0 Å². The third-order valence-corrected chi connectivity index (χ3v) is 3.69. The number of rotatable bonds is 3. The average molecular weight is 279 g/mol. The van der Waals surface area contributed by atoms with Gasteiger partial charge in [0, 0.05) is 12.6 Å². The number of aliphatic hydroxyl groups is 1. The Labute approximate surface area is 86.7 Å². The summed E-state index contributed by atoms with van der Waals surface area (Å²) in [5, 5.41) is 8.71. The lowest BCUT2D eigenvalue weighted by molar-refractivity contribution is 0.280. The first-order valence-electron chi connectivity index (χ1n) is 4.10. The molecule has 12 heavy (non-hydrogen) atoms. The first kappa shape index (κ1) is 10.2. The Morgan fingerprint density at radius 1 is 1.50 bits per heavy atom. The Morgan fingerprint density at radius 2 is 2.25 bits per heavy atom. The Hall–Kier alpha value is 0.130. The van der Waals surface area contributed by atoms with Crippen molar-refractivity contribution in [3.63, 3.8) is 0 Å². The largest absolute Gasteiger partial charge is 0.396 e. The minimum absolute atomic E-state index is 0.00917. The molecule has 0 spiro atoms. The van der Waals surface area contributed by atoms with E-state index in [2.05, 4.69) is 28.7 Å². The van der Waals surface area contributed by atoms with Gasteiger partial charge in [0.2, 0.25) is 0 Å². The maximum Gasteiger partial charge on any atom is 0.0591 e. The molecule has 0 amide bonds. The fourth-order valence-corrected chi connectivity index (χ4v) is 2.07. The second-order valence-electron chi connectivity index (χ2n) is 3.02. The van der Waals surface area contributed by atoms with Gasteiger partial charge in [0.1, 0.15) is 0 Å². The van der Waals surface area contributed by atoms with Crippen LogP contribution in [0.15, 0.2) is 24.3 Å². The highest BCUT2D eigenvalue weighted by Crippen LogP contribution is 2.32. The van der Waals surface area contributed by atoms with Crippen molar-refractivity contribution in [2.45, 2.75) is 22.3 Å². The van der Waals surface area contributed by atoms with Gasteiger partial charge in [-0.05, 0) is 12.8 Å². The van der Waals surface area contributed by atoms with Crippen molar-refractivity contribution in [2.24, 2.45) is 5.73 Å². The molecule has 0 fully saturated rings. The van der Waals surface area contributed by atoms with Crippen molar-refractivity contribution < 1.29 is 5.11 Å². The van der Waals surface area contributed by atoms with E-state index in [0.717, 1.165) is 12.8 Å². The lowest BCUT2D eigenvalue weighted by Crippen LogP contribution is -2.41. The molecule has 0 radical (unpaired) electrons. The number of halogens is 1. The van der Waals surface area contributed by atoms with Gasteiger partial charge < -0.3 is 10.8 Å². The lowest BCUT2D eigenvalue weighted by Gasteiger charge is -2.30. The van der Waals surface area contributed by atoms with Gasteiger partial charge in [0.15, 0.2) is 0 Å². The molecule has 1 rings (SSSR count). The molecule has 0 heterocycles. The van der Waals surface area contributed by atoms with Crippen LogP contribution in [0.25, 0.3) is 0 Å². The molecular formula is C9H14INO. The molecule has 0 saturated carbocycles. The van der Waals surface area contributed by atoms with Crippen molar-refractivity contribution in [2.75, 3.05) is 6.61 Å². The van der Waals surface area contributed by atoms with E-state index in [1.807, 2.05) is 18.2 Å². The maximum atomic E-state index is 8.71. The number of alkyl halides is 1. The number of hydrogen-bond donors (Lipinski definition) is 2. The monoisotopic (exact) mass is 279 g/mol. The van der Waals surface area contributed by atoms with Gasteiger partial charge in [-0.15, -0.1) is 0 Å². The molecular weight excluding hydrogens is 265 g/mol. The van der Waals surface area contributed by atoms with E-state index in [9.17, 15) is 0 Å². The van der Waals surface area contributed by atoms with Crippen LogP contribution >= 0.6 is 22.6 Å². The minimum Gasteiger partial charge on any atom is -0.396 e. The molecule has 0 aromatic carbocycles. The lowest BCUT2D eigenvalue weighted by atomic mass is 9.91. The number of hydrogen-bond acceptors (Lipinski definition) is 2. The summed E-state index contributed by atoms with van der Waals surface area (Å²) in [5.74, 6) is 0. The van der Waals surface area contributed by atoms with Gasteiger partial charge in [-0.2, -0.15) is 0 Å². The first-order valence-corrected chi connectivity index (χ1v) is 5.18. The predicted octanol–water partition coefficient (Wildman–Crippen LogP) is 1.39. The Bertz CT molecular complexity index is 203. The molecule has 0 saturated heterocycles. The maximum absolute atomic E-state index is 8.71. The molecule has 2 atom stereocenters. The zero-order valence-corrected chi connectivity index (χ0v) is 9.07. The van der Waals surface area contributed by atoms with E-state index in [0.29, 0.717) is 0 Å². The SMILES string of the molecule is NC1C=CC=CC1(I)CCCO. The van der Waals surface area contributed by atoms with Gasteiger partial charge in [0.05, 0.1) is 3.42 Å². The standard InChI is InChI=1S/C9H14INO/c10-9(6-3-7-12)5-2-1-4-8(9)11/h1-2,4-5,8,12H,3,6-7,11H2. The van der Waals surface area contributed by atoms with Gasteiger partial charge in [0.25, 0.3) is 0 Å². The van der Waals surface area contributed by atoms with Crippen LogP contribution < -0.4 is 5.73 Å². The summed E-state index contributed by atoms with van der Waals surface area (Å²) >= 11 is 2.37. The summed E-state index contributed by atoms with van der Waals surface area (Å²) < 4.78 is 0.00917. The van der Waals surface area contributed by atoms with Gasteiger partial charge >= 0.3 is 0 Å². The summed E-state index contributed by atoms with van der Waals surface area (Å²) in [5.41, 5.74) is 5.93. The summed E-state index contributed by atoms with van der Waals surface area (Å²) in [4.78, 5) is 0. The van der Waals surface area contributed by atoms with Crippen LogP contribution in [-0.2, 0) is 0 Å². The van der Waals surface area contributed by atoms with Crippen LogP contribution in [0.2, 0.25) is 0 Å². The molecule has 1 aliphatic rings. The molecule has 0 bridgehead atoms. The zero-order chi connectivity index (χ0) is 9.03.